The zero-order valence-electron chi connectivity index (χ0n) is 9.36. The van der Waals surface area contributed by atoms with E-state index in [1.165, 1.54) is 0 Å². The van der Waals surface area contributed by atoms with Gasteiger partial charge in [0.25, 0.3) is 0 Å². The fourth-order valence-corrected chi connectivity index (χ4v) is 4.30. The molecule has 1 N–H and O–H groups in total. The Morgan fingerprint density at radius 1 is 1.25 bits per heavy atom. The minimum absolute atomic E-state index is 0.0631. The first-order chi connectivity index (χ1) is 7.64. The van der Waals surface area contributed by atoms with Crippen LogP contribution in [0.4, 0.5) is 4.39 Å². The molecule has 2 aliphatic heterocycles. The Labute approximate surface area is 96.2 Å². The van der Waals surface area contributed by atoms with Crippen molar-refractivity contribution in [2.45, 2.75) is 24.5 Å². The van der Waals surface area contributed by atoms with Crippen LogP contribution in [-0.4, -0.2) is 50.8 Å². The van der Waals surface area contributed by atoms with Gasteiger partial charge in [-0.2, -0.15) is 0 Å². The SMILES string of the molecule is O=S(=O)(C1CCNC1)N1CCC(CF)CC1. The highest BCUT2D eigenvalue weighted by molar-refractivity contribution is 7.89. The standard InChI is InChI=1S/C10H19FN2O2S/c11-7-9-2-5-13(6-3-9)16(14,15)10-1-4-12-8-10/h9-10,12H,1-8H2. The number of alkyl halides is 1. The average Bonchev–Trinajstić information content (AvgIpc) is 2.83. The van der Waals surface area contributed by atoms with Crippen molar-refractivity contribution >= 4 is 10.0 Å². The Morgan fingerprint density at radius 3 is 2.44 bits per heavy atom. The summed E-state index contributed by atoms with van der Waals surface area (Å²) in [5.74, 6) is 0.0631. The number of piperidine rings is 1. The molecular formula is C10H19FN2O2S. The predicted molar refractivity (Wildman–Crippen MR) is 60.5 cm³/mol. The van der Waals surface area contributed by atoms with E-state index in [2.05, 4.69) is 5.32 Å². The summed E-state index contributed by atoms with van der Waals surface area (Å²) >= 11 is 0. The van der Waals surface area contributed by atoms with E-state index in [1.54, 1.807) is 4.31 Å². The zero-order chi connectivity index (χ0) is 11.6. The van der Waals surface area contributed by atoms with Gasteiger partial charge < -0.3 is 5.32 Å². The summed E-state index contributed by atoms with van der Waals surface area (Å²) in [4.78, 5) is 0. The van der Waals surface area contributed by atoms with E-state index < -0.39 is 10.0 Å². The molecule has 1 unspecified atom stereocenters. The second kappa shape index (κ2) is 4.98. The Bertz CT molecular complexity index is 320. The van der Waals surface area contributed by atoms with Crippen LogP contribution in [0.1, 0.15) is 19.3 Å². The van der Waals surface area contributed by atoms with Crippen LogP contribution in [0.15, 0.2) is 0 Å². The first kappa shape index (κ1) is 12.3. The number of halogens is 1. The summed E-state index contributed by atoms with van der Waals surface area (Å²) in [5, 5.41) is 2.80. The molecule has 1 atom stereocenters. The predicted octanol–water partition coefficient (Wildman–Crippen LogP) is 0.360. The van der Waals surface area contributed by atoms with E-state index in [0.29, 0.717) is 38.9 Å². The Morgan fingerprint density at radius 2 is 1.94 bits per heavy atom. The fourth-order valence-electron chi connectivity index (χ4n) is 2.41. The minimum Gasteiger partial charge on any atom is -0.315 e. The molecule has 4 nitrogen and oxygen atoms in total. The van der Waals surface area contributed by atoms with Crippen molar-refractivity contribution < 1.29 is 12.8 Å². The zero-order valence-corrected chi connectivity index (χ0v) is 10.2. The topological polar surface area (TPSA) is 49.4 Å². The Kier molecular flexibility index (Phi) is 3.81. The molecule has 2 fully saturated rings. The highest BCUT2D eigenvalue weighted by Crippen LogP contribution is 2.23. The molecule has 0 spiro atoms. The van der Waals surface area contributed by atoms with Crippen molar-refractivity contribution in [2.24, 2.45) is 5.92 Å². The van der Waals surface area contributed by atoms with Gasteiger partial charge in [-0.1, -0.05) is 0 Å². The van der Waals surface area contributed by atoms with Gasteiger partial charge in [-0.15, -0.1) is 0 Å². The molecule has 2 saturated heterocycles. The molecule has 0 aliphatic carbocycles. The van der Waals surface area contributed by atoms with Crippen LogP contribution in [0, 0.1) is 5.92 Å². The molecule has 6 heteroatoms. The summed E-state index contributed by atoms with van der Waals surface area (Å²) in [6, 6.07) is 0. The maximum Gasteiger partial charge on any atom is 0.218 e. The van der Waals surface area contributed by atoms with Gasteiger partial charge in [0.1, 0.15) is 0 Å². The van der Waals surface area contributed by atoms with Gasteiger partial charge in [-0.05, 0) is 31.7 Å². The highest BCUT2D eigenvalue weighted by atomic mass is 32.2. The number of nitrogens with zero attached hydrogens (tertiary/aromatic N) is 1. The second-order valence-corrected chi connectivity index (χ2v) is 6.87. The molecule has 0 saturated carbocycles. The highest BCUT2D eigenvalue weighted by Gasteiger charge is 2.35. The maximum absolute atomic E-state index is 12.4. The van der Waals surface area contributed by atoms with Gasteiger partial charge in [0.05, 0.1) is 11.9 Å². The lowest BCUT2D eigenvalue weighted by Crippen LogP contribution is -2.44. The van der Waals surface area contributed by atoms with Crippen LogP contribution < -0.4 is 5.32 Å². The van der Waals surface area contributed by atoms with Crippen LogP contribution in [-0.2, 0) is 10.0 Å². The largest absolute Gasteiger partial charge is 0.315 e. The van der Waals surface area contributed by atoms with E-state index in [9.17, 15) is 12.8 Å². The van der Waals surface area contributed by atoms with Crippen LogP contribution in [0.2, 0.25) is 0 Å². The normalized spacial score (nSPS) is 29.7. The van der Waals surface area contributed by atoms with Crippen molar-refractivity contribution in [1.29, 1.82) is 0 Å². The van der Waals surface area contributed by atoms with Crippen molar-refractivity contribution in [2.75, 3.05) is 32.9 Å². The molecule has 0 aromatic rings. The lowest BCUT2D eigenvalue weighted by atomic mass is 10.0. The lowest BCUT2D eigenvalue weighted by molar-refractivity contribution is 0.232. The van der Waals surface area contributed by atoms with Gasteiger partial charge in [0.15, 0.2) is 0 Å². The second-order valence-electron chi connectivity index (χ2n) is 4.66. The summed E-state index contributed by atoms with van der Waals surface area (Å²) in [5.41, 5.74) is 0. The first-order valence-corrected chi connectivity index (χ1v) is 7.40. The minimum atomic E-state index is -3.15. The van der Waals surface area contributed by atoms with E-state index in [0.717, 1.165) is 6.54 Å². The maximum atomic E-state index is 12.4. The third kappa shape index (κ3) is 2.38. The lowest BCUT2D eigenvalue weighted by Gasteiger charge is -2.31. The van der Waals surface area contributed by atoms with Crippen molar-refractivity contribution in [3.63, 3.8) is 0 Å². The average molecular weight is 250 g/mol. The van der Waals surface area contributed by atoms with Crippen LogP contribution in [0.25, 0.3) is 0 Å². The quantitative estimate of drug-likeness (QED) is 0.787. The molecule has 0 bridgehead atoms. The summed E-state index contributed by atoms with van der Waals surface area (Å²) in [6.07, 6.45) is 2.02. The number of hydrogen-bond acceptors (Lipinski definition) is 3. The molecule has 2 heterocycles. The number of hydrogen-bond donors (Lipinski definition) is 1. The van der Waals surface area contributed by atoms with Crippen LogP contribution in [0.5, 0.6) is 0 Å². The van der Waals surface area contributed by atoms with Gasteiger partial charge in [0.2, 0.25) is 10.0 Å². The third-order valence-electron chi connectivity index (χ3n) is 3.59. The number of sulfonamides is 1. The monoisotopic (exact) mass is 250 g/mol. The van der Waals surface area contributed by atoms with Gasteiger partial charge in [0, 0.05) is 19.6 Å². The molecule has 16 heavy (non-hydrogen) atoms. The van der Waals surface area contributed by atoms with Gasteiger partial charge >= 0.3 is 0 Å². The Hall–Kier alpha value is -0.200. The third-order valence-corrected chi connectivity index (χ3v) is 5.92. The molecule has 0 radical (unpaired) electrons. The molecule has 2 rings (SSSR count). The van der Waals surface area contributed by atoms with Gasteiger partial charge in [-0.3, -0.25) is 4.39 Å². The summed E-state index contributed by atoms with van der Waals surface area (Å²) in [6.45, 7) is 2.01. The van der Waals surface area contributed by atoms with E-state index >= 15 is 0 Å². The summed E-state index contributed by atoms with van der Waals surface area (Å²) < 4.78 is 38.3. The van der Waals surface area contributed by atoms with E-state index in [1.807, 2.05) is 0 Å². The van der Waals surface area contributed by atoms with Gasteiger partial charge in [-0.25, -0.2) is 12.7 Å². The van der Waals surface area contributed by atoms with Crippen LogP contribution in [0.3, 0.4) is 0 Å². The number of rotatable bonds is 3. The molecular weight excluding hydrogens is 231 g/mol. The molecule has 0 aromatic heterocycles. The molecule has 2 aliphatic rings. The first-order valence-electron chi connectivity index (χ1n) is 5.90. The van der Waals surface area contributed by atoms with Crippen molar-refractivity contribution in [3.05, 3.63) is 0 Å². The Balaban J connectivity index is 1.97. The molecule has 94 valence electrons. The fraction of sp³-hybridized carbons (Fsp3) is 1.00. The molecule has 0 aromatic carbocycles. The van der Waals surface area contributed by atoms with E-state index in [4.69, 9.17) is 0 Å². The number of nitrogens with one attached hydrogen (secondary N) is 1. The molecule has 0 amide bonds. The van der Waals surface area contributed by atoms with Crippen molar-refractivity contribution in [3.8, 4) is 0 Å². The van der Waals surface area contributed by atoms with E-state index in [-0.39, 0.29) is 17.8 Å². The smallest absolute Gasteiger partial charge is 0.218 e. The van der Waals surface area contributed by atoms with Crippen LogP contribution >= 0.6 is 0 Å². The summed E-state index contributed by atoms with van der Waals surface area (Å²) in [7, 11) is -3.15. The van der Waals surface area contributed by atoms with Crippen molar-refractivity contribution in [1.82, 2.24) is 9.62 Å².